The largest absolute Gasteiger partial charge is 0.483 e. The van der Waals surface area contributed by atoms with Crippen molar-refractivity contribution >= 4 is 22.8 Å². The summed E-state index contributed by atoms with van der Waals surface area (Å²) in [6.45, 7) is -0.0689. The maximum Gasteiger partial charge on any atom is 0.261 e. The van der Waals surface area contributed by atoms with E-state index in [1.165, 1.54) is 0 Å². The van der Waals surface area contributed by atoms with Gasteiger partial charge in [-0.2, -0.15) is 0 Å². The number of para-hydroxylation sites is 1. The van der Waals surface area contributed by atoms with Gasteiger partial charge in [-0.15, -0.1) is 0 Å². The topological polar surface area (TPSA) is 134 Å². The molecular formula is C23H25N3O7. The van der Waals surface area contributed by atoms with Gasteiger partial charge in [0.15, 0.2) is 0 Å². The second-order valence-corrected chi connectivity index (χ2v) is 7.49. The third kappa shape index (κ3) is 4.46. The summed E-state index contributed by atoms with van der Waals surface area (Å²) in [5, 5.41) is 27.7. The summed E-state index contributed by atoms with van der Waals surface area (Å²) in [5.74, 6) is 0.0395. The number of carbonyl (C=O) groups is 2. The van der Waals surface area contributed by atoms with Crippen LogP contribution >= 0.6 is 0 Å². The van der Waals surface area contributed by atoms with Crippen LogP contribution in [-0.2, 0) is 17.8 Å². The standard InChI is InChI=1S/C23H25N3O7/c27-9-11-32-10-8-25-18-6-3-7-19(33-15(13-28)14-29)21(18)24-20(25)12-26-22(30)16-4-1-2-5-17(16)23(26)31/h1-7,15,27-29H,8-14H2. The fourth-order valence-electron chi connectivity index (χ4n) is 3.79. The summed E-state index contributed by atoms with van der Waals surface area (Å²) in [5.41, 5.74) is 1.86. The third-order valence-electron chi connectivity index (χ3n) is 5.39. The number of nitrogens with zero attached hydrogens (tertiary/aromatic N) is 3. The third-order valence-corrected chi connectivity index (χ3v) is 5.39. The molecule has 1 aliphatic heterocycles. The van der Waals surface area contributed by atoms with Crippen LogP contribution in [0.5, 0.6) is 5.75 Å². The van der Waals surface area contributed by atoms with Crippen LogP contribution < -0.4 is 4.74 Å². The minimum Gasteiger partial charge on any atom is -0.483 e. The number of amides is 2. The van der Waals surface area contributed by atoms with Crippen molar-refractivity contribution in [2.45, 2.75) is 19.2 Å². The zero-order chi connectivity index (χ0) is 23.4. The van der Waals surface area contributed by atoms with E-state index in [1.807, 2.05) is 10.6 Å². The Hall–Kier alpha value is -3.31. The van der Waals surface area contributed by atoms with Gasteiger partial charge in [-0.05, 0) is 24.3 Å². The van der Waals surface area contributed by atoms with Gasteiger partial charge >= 0.3 is 0 Å². The Morgan fingerprint density at radius 1 is 0.909 bits per heavy atom. The molecule has 1 aromatic heterocycles. The van der Waals surface area contributed by atoms with Crippen LogP contribution in [0.25, 0.3) is 11.0 Å². The molecule has 0 fully saturated rings. The first-order valence-corrected chi connectivity index (χ1v) is 10.6. The molecule has 0 saturated heterocycles. The Morgan fingerprint density at radius 2 is 1.61 bits per heavy atom. The van der Waals surface area contributed by atoms with Gasteiger partial charge in [-0.1, -0.05) is 18.2 Å². The second-order valence-electron chi connectivity index (χ2n) is 7.49. The molecular weight excluding hydrogens is 430 g/mol. The molecule has 3 aromatic rings. The lowest BCUT2D eigenvalue weighted by Gasteiger charge is -2.15. The average Bonchev–Trinajstić information content (AvgIpc) is 3.31. The van der Waals surface area contributed by atoms with Gasteiger partial charge in [0.05, 0.1) is 56.2 Å². The first-order chi connectivity index (χ1) is 16.1. The van der Waals surface area contributed by atoms with Crippen LogP contribution in [0.15, 0.2) is 42.5 Å². The molecule has 0 atom stereocenters. The number of aliphatic hydroxyl groups excluding tert-OH is 3. The van der Waals surface area contributed by atoms with Crippen molar-refractivity contribution in [2.75, 3.05) is 33.0 Å². The van der Waals surface area contributed by atoms with Gasteiger partial charge in [-0.25, -0.2) is 4.98 Å². The van der Waals surface area contributed by atoms with Gasteiger partial charge in [0, 0.05) is 6.54 Å². The highest BCUT2D eigenvalue weighted by molar-refractivity contribution is 6.21. The fourth-order valence-corrected chi connectivity index (χ4v) is 3.79. The molecule has 0 spiro atoms. The Balaban J connectivity index is 1.70. The van der Waals surface area contributed by atoms with Crippen molar-refractivity contribution in [2.24, 2.45) is 0 Å². The highest BCUT2D eigenvalue weighted by Crippen LogP contribution is 2.29. The number of benzene rings is 2. The van der Waals surface area contributed by atoms with Crippen LogP contribution in [0.2, 0.25) is 0 Å². The van der Waals surface area contributed by atoms with Gasteiger partial charge in [0.1, 0.15) is 23.2 Å². The minimum atomic E-state index is -0.812. The van der Waals surface area contributed by atoms with Crippen molar-refractivity contribution in [3.05, 3.63) is 59.4 Å². The van der Waals surface area contributed by atoms with Crippen LogP contribution in [0, 0.1) is 0 Å². The molecule has 0 bridgehead atoms. The Morgan fingerprint density at radius 3 is 2.24 bits per heavy atom. The number of hydrogen-bond acceptors (Lipinski definition) is 8. The lowest BCUT2D eigenvalue weighted by atomic mass is 10.1. The number of hydrogen-bond donors (Lipinski definition) is 3. The maximum atomic E-state index is 12.9. The zero-order valence-electron chi connectivity index (χ0n) is 17.9. The van der Waals surface area contributed by atoms with Gasteiger partial charge < -0.3 is 29.4 Å². The van der Waals surface area contributed by atoms with Gasteiger partial charge in [0.25, 0.3) is 11.8 Å². The number of imidazole rings is 1. The molecule has 3 N–H and O–H groups in total. The molecule has 0 unspecified atom stereocenters. The van der Waals surface area contributed by atoms with E-state index in [-0.39, 0.29) is 51.4 Å². The fraction of sp³-hybridized carbons (Fsp3) is 0.348. The summed E-state index contributed by atoms with van der Waals surface area (Å²) in [6, 6.07) is 11.9. The highest BCUT2D eigenvalue weighted by Gasteiger charge is 2.36. The molecule has 174 valence electrons. The van der Waals surface area contributed by atoms with E-state index in [0.29, 0.717) is 40.3 Å². The van der Waals surface area contributed by atoms with E-state index in [9.17, 15) is 19.8 Å². The Bertz CT molecular complexity index is 1120. The lowest BCUT2D eigenvalue weighted by Crippen LogP contribution is -2.30. The highest BCUT2D eigenvalue weighted by atomic mass is 16.5. The number of aromatic nitrogens is 2. The number of imide groups is 1. The van der Waals surface area contributed by atoms with Crippen LogP contribution in [0.3, 0.4) is 0 Å². The predicted molar refractivity (Wildman–Crippen MR) is 117 cm³/mol. The molecule has 10 heteroatoms. The van der Waals surface area contributed by atoms with Crippen LogP contribution in [0.4, 0.5) is 0 Å². The van der Waals surface area contributed by atoms with Crippen molar-refractivity contribution in [3.8, 4) is 5.75 Å². The molecule has 4 rings (SSSR count). The van der Waals surface area contributed by atoms with Crippen LogP contribution in [0.1, 0.15) is 26.5 Å². The van der Waals surface area contributed by atoms with E-state index >= 15 is 0 Å². The van der Waals surface area contributed by atoms with Crippen molar-refractivity contribution < 1.29 is 34.4 Å². The number of ether oxygens (including phenoxy) is 2. The van der Waals surface area contributed by atoms with E-state index in [1.54, 1.807) is 36.4 Å². The summed E-state index contributed by atoms with van der Waals surface area (Å²) in [7, 11) is 0. The number of fused-ring (bicyclic) bond motifs is 2. The summed E-state index contributed by atoms with van der Waals surface area (Å²) >= 11 is 0. The first-order valence-electron chi connectivity index (χ1n) is 10.6. The SMILES string of the molecule is O=C1c2ccccc2C(=O)N1Cc1nc2c(OC(CO)CO)cccc2n1CCOCCO. The van der Waals surface area contributed by atoms with Gasteiger partial charge in [0.2, 0.25) is 0 Å². The molecule has 2 aromatic carbocycles. The molecule has 0 aliphatic carbocycles. The Labute approximate surface area is 189 Å². The average molecular weight is 455 g/mol. The monoisotopic (exact) mass is 455 g/mol. The first kappa shape index (κ1) is 22.9. The molecule has 0 saturated carbocycles. The van der Waals surface area contributed by atoms with E-state index in [2.05, 4.69) is 4.98 Å². The predicted octanol–water partition coefficient (Wildman–Crippen LogP) is 0.573. The smallest absolute Gasteiger partial charge is 0.261 e. The maximum absolute atomic E-state index is 12.9. The van der Waals surface area contributed by atoms with E-state index in [4.69, 9.17) is 14.6 Å². The summed E-state index contributed by atoms with van der Waals surface area (Å²) in [6.07, 6.45) is -0.812. The number of rotatable bonds is 11. The molecule has 2 heterocycles. The molecule has 33 heavy (non-hydrogen) atoms. The van der Waals surface area contributed by atoms with E-state index < -0.39 is 6.10 Å². The molecule has 2 amide bonds. The molecule has 1 aliphatic rings. The summed E-state index contributed by atoms with van der Waals surface area (Å²) < 4.78 is 13.0. The lowest BCUT2D eigenvalue weighted by molar-refractivity contribution is 0.0630. The van der Waals surface area contributed by atoms with Gasteiger partial charge in [-0.3, -0.25) is 14.5 Å². The molecule has 10 nitrogen and oxygen atoms in total. The normalized spacial score (nSPS) is 13.4. The van der Waals surface area contributed by atoms with Crippen LogP contribution in [-0.4, -0.2) is 80.7 Å². The Kier molecular flexibility index (Phi) is 6.99. The quantitative estimate of drug-likeness (QED) is 0.282. The van der Waals surface area contributed by atoms with Crippen molar-refractivity contribution in [1.82, 2.24) is 14.5 Å². The zero-order valence-corrected chi connectivity index (χ0v) is 17.9. The van der Waals surface area contributed by atoms with E-state index in [0.717, 1.165) is 4.90 Å². The number of aliphatic hydroxyl groups is 3. The number of carbonyl (C=O) groups excluding carboxylic acids is 2. The summed E-state index contributed by atoms with van der Waals surface area (Å²) in [4.78, 5) is 31.5. The van der Waals surface area contributed by atoms with Crippen molar-refractivity contribution in [1.29, 1.82) is 0 Å². The second kappa shape index (κ2) is 10.1. The minimum absolute atomic E-state index is 0.0517. The van der Waals surface area contributed by atoms with Crippen molar-refractivity contribution in [3.63, 3.8) is 0 Å². The molecule has 0 radical (unpaired) electrons.